The van der Waals surface area contributed by atoms with Crippen LogP contribution < -0.4 is 58.5 Å². The van der Waals surface area contributed by atoms with E-state index in [0.717, 1.165) is 0 Å². The first-order valence-electron chi connectivity index (χ1n) is 31.5. The minimum atomic E-state index is -1.61. The zero-order valence-electron chi connectivity index (χ0n) is 53.3. The highest BCUT2D eigenvalue weighted by Gasteiger charge is 2.48. The van der Waals surface area contributed by atoms with Crippen LogP contribution in [0.5, 0.6) is 0 Å². The van der Waals surface area contributed by atoms with Gasteiger partial charge in [0.05, 0.1) is 58.3 Å². The van der Waals surface area contributed by atoms with Crippen LogP contribution in [0.1, 0.15) is 111 Å². The standard InChI is InChI=1S/C57H101N11O25/c1-31(72)65-44-50(83)47(80)36(28-69)91-55(44)88-20-14-8-5-11-17-59-41(77)25-62-39(75)24-35(54(87)64-27-43(79)61-19-13-7-10-16-22-90-57-46(67-33(3)74)52(85)49(82)38(30-71)93-57)68-40(76)23-34(58-4)53(86)63-26-42(78)60-18-12-6-9-15-21-89-56-45(66-32(2)73)51(84)48(81)37(29-70)92-56/h34-38,44-52,55-58,69-71,80-85H,5-30H2,1-4H3,(H,59,77)(H,60,78)(H,61,79)(H,62,75)(H,63,86)(H,64,87)(H,65,72)(H,66,73)(H,67,74)(H,68,76)/t34?,35?,36-,37-,38-,44-,45-,46-,47+,48+,49+,50-,51-,52-,55-,56-,57-/m1/s1. The molecule has 3 fully saturated rings. The number of unbranched alkanes of at least 4 members (excludes halogenated alkanes) is 9. The Kier molecular flexibility index (Phi) is 39.0. The van der Waals surface area contributed by atoms with Crippen LogP contribution in [-0.2, 0) is 76.4 Å². The lowest BCUT2D eigenvalue weighted by molar-refractivity contribution is -0.270. The fraction of sp³-hybridized carbons (Fsp3) is 0.825. The van der Waals surface area contributed by atoms with Gasteiger partial charge in [-0.2, -0.15) is 0 Å². The van der Waals surface area contributed by atoms with E-state index in [0.29, 0.717) is 77.0 Å². The lowest BCUT2D eigenvalue weighted by Crippen LogP contribution is -2.64. The molecule has 10 amide bonds. The maximum Gasteiger partial charge on any atom is 0.243 e. The molecule has 36 heteroatoms. The lowest BCUT2D eigenvalue weighted by Gasteiger charge is -2.42. The van der Waals surface area contributed by atoms with Crippen LogP contribution in [0.4, 0.5) is 0 Å². The van der Waals surface area contributed by atoms with Gasteiger partial charge in [-0.3, -0.25) is 47.9 Å². The largest absolute Gasteiger partial charge is 0.394 e. The number of aliphatic hydroxyl groups is 9. The zero-order chi connectivity index (χ0) is 69.0. The monoisotopic (exact) mass is 1340 g/mol. The van der Waals surface area contributed by atoms with Crippen molar-refractivity contribution in [1.29, 1.82) is 0 Å². The van der Waals surface area contributed by atoms with Gasteiger partial charge in [-0.1, -0.05) is 38.5 Å². The van der Waals surface area contributed by atoms with Gasteiger partial charge in [0.15, 0.2) is 18.9 Å². The number of hydrogen-bond acceptors (Lipinski definition) is 26. The second kappa shape index (κ2) is 44.7. The fourth-order valence-electron chi connectivity index (χ4n) is 10.0. The molecule has 0 bridgehead atoms. The van der Waals surface area contributed by atoms with Crippen LogP contribution in [-0.4, -0.2) is 295 Å². The highest BCUT2D eigenvalue weighted by atomic mass is 16.7. The van der Waals surface area contributed by atoms with E-state index < -0.39 is 215 Å². The van der Waals surface area contributed by atoms with Crippen LogP contribution in [0.3, 0.4) is 0 Å². The Morgan fingerprint density at radius 1 is 0.376 bits per heavy atom. The summed E-state index contributed by atoms with van der Waals surface area (Å²) < 4.78 is 33.8. The molecule has 36 nitrogen and oxygen atoms in total. The van der Waals surface area contributed by atoms with Gasteiger partial charge in [-0.15, -0.1) is 0 Å². The van der Waals surface area contributed by atoms with E-state index in [2.05, 4.69) is 58.5 Å². The second-order valence-electron chi connectivity index (χ2n) is 22.8. The average Bonchev–Trinajstić information content (AvgIpc) is 1.55. The van der Waals surface area contributed by atoms with Crippen LogP contribution in [0.25, 0.3) is 0 Å². The quantitative estimate of drug-likeness (QED) is 0.0252. The van der Waals surface area contributed by atoms with Gasteiger partial charge in [0.2, 0.25) is 59.1 Å². The molecule has 3 rings (SSSR count). The Hall–Kier alpha value is -5.94. The number of hydrogen-bond donors (Lipinski definition) is 20. The van der Waals surface area contributed by atoms with Crippen molar-refractivity contribution >= 4 is 59.1 Å². The van der Waals surface area contributed by atoms with Gasteiger partial charge < -0.3 is 133 Å². The number of carbonyl (C=O) groups excluding carboxylic acids is 10. The molecule has 0 saturated carbocycles. The summed E-state index contributed by atoms with van der Waals surface area (Å²) >= 11 is 0. The molecule has 0 aliphatic carbocycles. The first-order valence-corrected chi connectivity index (χ1v) is 31.5. The van der Waals surface area contributed by atoms with Crippen molar-refractivity contribution in [2.24, 2.45) is 0 Å². The molecule has 3 saturated heterocycles. The van der Waals surface area contributed by atoms with E-state index in [1.165, 1.54) is 27.8 Å². The van der Waals surface area contributed by atoms with Crippen LogP contribution in [0, 0.1) is 0 Å². The topological polar surface area (TPSA) is 540 Å². The third kappa shape index (κ3) is 30.1. The predicted octanol–water partition coefficient (Wildman–Crippen LogP) is -8.90. The van der Waals surface area contributed by atoms with Gasteiger partial charge in [0.1, 0.15) is 79.1 Å². The summed E-state index contributed by atoms with van der Waals surface area (Å²) in [6.45, 7) is 1.48. The van der Waals surface area contributed by atoms with E-state index in [-0.39, 0.29) is 39.5 Å². The summed E-state index contributed by atoms with van der Waals surface area (Å²) in [6.07, 6.45) is -9.85. The molecule has 17 atom stereocenters. The SMILES string of the molecule is CNC(CC(=O)NC(CC(=O)NCC(=O)NCCCCCCO[C@@H]1O[C@H](CO)[C@H](O)[C@H](O)[C@H]1NC(C)=O)C(=O)NCC(=O)NCCCCCCO[C@@H]1O[C@H](CO)[C@H](O)[C@H](O)[C@H]1NC(C)=O)C(=O)NCC(=O)NCCCCCCO[C@@H]1O[C@H](CO)[C@H](O)[C@H](O)[C@H]1NC(C)=O. The average molecular weight is 1340 g/mol. The van der Waals surface area contributed by atoms with Crippen molar-refractivity contribution in [2.45, 2.75) is 215 Å². The molecule has 0 aromatic carbocycles. The smallest absolute Gasteiger partial charge is 0.243 e. The maximum absolute atomic E-state index is 13.5. The van der Waals surface area contributed by atoms with Gasteiger partial charge in [0.25, 0.3) is 0 Å². The highest BCUT2D eigenvalue weighted by molar-refractivity contribution is 5.96. The lowest BCUT2D eigenvalue weighted by atomic mass is 9.97. The van der Waals surface area contributed by atoms with Crippen molar-refractivity contribution in [3.8, 4) is 0 Å². The molecule has 93 heavy (non-hydrogen) atoms. The van der Waals surface area contributed by atoms with Gasteiger partial charge in [-0.05, 0) is 45.6 Å². The molecular weight excluding hydrogens is 1240 g/mol. The third-order valence-corrected chi connectivity index (χ3v) is 15.2. The second-order valence-corrected chi connectivity index (χ2v) is 22.8. The van der Waals surface area contributed by atoms with Crippen LogP contribution in [0.15, 0.2) is 0 Å². The summed E-state index contributed by atoms with van der Waals surface area (Å²) in [7, 11) is 1.38. The first kappa shape index (κ1) is 81.3. The molecule has 534 valence electrons. The number of carbonyl (C=O) groups is 10. The normalized spacial score (nSPS) is 26.7. The summed E-state index contributed by atoms with van der Waals surface area (Å²) in [4.78, 5) is 126. The first-order chi connectivity index (χ1) is 44.3. The number of amides is 10. The Balaban J connectivity index is 1.45. The van der Waals surface area contributed by atoms with Crippen LogP contribution in [0.2, 0.25) is 0 Å². The number of rotatable bonds is 44. The molecule has 2 unspecified atom stereocenters. The number of likely N-dealkylation sites (N-methyl/N-ethyl adjacent to an activating group) is 1. The number of aliphatic hydroxyl groups excluding tert-OH is 9. The van der Waals surface area contributed by atoms with E-state index in [1.54, 1.807) is 0 Å². The number of ether oxygens (including phenoxy) is 6. The highest BCUT2D eigenvalue weighted by Crippen LogP contribution is 2.25. The maximum atomic E-state index is 13.5. The van der Waals surface area contributed by atoms with E-state index in [4.69, 9.17) is 28.4 Å². The molecule has 3 aliphatic rings. The van der Waals surface area contributed by atoms with Crippen molar-refractivity contribution in [2.75, 3.05) is 86.0 Å². The molecule has 3 aliphatic heterocycles. The fourth-order valence-corrected chi connectivity index (χ4v) is 10.0. The zero-order valence-corrected chi connectivity index (χ0v) is 53.3. The third-order valence-electron chi connectivity index (χ3n) is 15.2. The predicted molar refractivity (Wildman–Crippen MR) is 321 cm³/mol. The molecule has 20 N–H and O–H groups in total. The van der Waals surface area contributed by atoms with E-state index >= 15 is 0 Å². The minimum Gasteiger partial charge on any atom is -0.394 e. The number of nitrogens with one attached hydrogen (secondary N) is 11. The molecule has 0 aromatic heterocycles. The molecule has 0 spiro atoms. The van der Waals surface area contributed by atoms with Crippen molar-refractivity contribution in [3.63, 3.8) is 0 Å². The summed E-state index contributed by atoms with van der Waals surface area (Å²) in [6, 6.07) is -6.07. The minimum absolute atomic E-state index is 0.133. The molecule has 3 heterocycles. The summed E-state index contributed by atoms with van der Waals surface area (Å²) in [5.41, 5.74) is 0. The van der Waals surface area contributed by atoms with Gasteiger partial charge in [-0.25, -0.2) is 0 Å². The Bertz CT molecular complexity index is 2320. The summed E-state index contributed by atoms with van der Waals surface area (Å²) in [5, 5.41) is 118. The Morgan fingerprint density at radius 3 is 0.989 bits per heavy atom. The molecule has 0 aromatic rings. The Labute approximate surface area is 539 Å². The molecule has 0 radical (unpaired) electrons. The van der Waals surface area contributed by atoms with Crippen molar-refractivity contribution in [1.82, 2.24) is 58.5 Å². The van der Waals surface area contributed by atoms with E-state index in [1.807, 2.05) is 0 Å². The Morgan fingerprint density at radius 2 is 0.677 bits per heavy atom. The van der Waals surface area contributed by atoms with Crippen molar-refractivity contribution in [3.05, 3.63) is 0 Å². The van der Waals surface area contributed by atoms with Crippen LogP contribution >= 0.6 is 0 Å². The molecular formula is C57H101N11O25. The van der Waals surface area contributed by atoms with E-state index in [9.17, 15) is 93.9 Å². The van der Waals surface area contributed by atoms with Gasteiger partial charge in [0, 0.05) is 60.2 Å². The van der Waals surface area contributed by atoms with Gasteiger partial charge >= 0.3 is 0 Å². The summed E-state index contributed by atoms with van der Waals surface area (Å²) in [5.74, 6) is -6.62. The van der Waals surface area contributed by atoms with Crippen molar-refractivity contribution < 1.29 is 122 Å².